The maximum absolute atomic E-state index is 4.28. The van der Waals surface area contributed by atoms with Gasteiger partial charge in [-0.2, -0.15) is 0 Å². The van der Waals surface area contributed by atoms with Crippen LogP contribution >= 0.6 is 11.3 Å². The van der Waals surface area contributed by atoms with E-state index >= 15 is 0 Å². The van der Waals surface area contributed by atoms with E-state index in [0.29, 0.717) is 0 Å². The fourth-order valence-electron chi connectivity index (χ4n) is 2.40. The third kappa shape index (κ3) is 3.27. The summed E-state index contributed by atoms with van der Waals surface area (Å²) in [5.74, 6) is 0. The minimum Gasteiger partial charge on any atom is -0.310 e. The molecule has 0 saturated carbocycles. The van der Waals surface area contributed by atoms with Crippen molar-refractivity contribution in [2.75, 3.05) is 19.6 Å². The van der Waals surface area contributed by atoms with Gasteiger partial charge in [-0.15, -0.1) is 11.3 Å². The summed E-state index contributed by atoms with van der Waals surface area (Å²) in [7, 11) is 0. The lowest BCUT2D eigenvalue weighted by Gasteiger charge is -2.35. The monoisotopic (exact) mass is 239 g/mol. The summed E-state index contributed by atoms with van der Waals surface area (Å²) in [6, 6.07) is 0.734. The zero-order chi connectivity index (χ0) is 11.2. The van der Waals surface area contributed by atoms with Crippen LogP contribution in [-0.2, 0) is 6.54 Å². The number of likely N-dealkylation sites (N-methyl/N-ethyl adjacent to an activating group) is 1. The van der Waals surface area contributed by atoms with Gasteiger partial charge in [-0.1, -0.05) is 13.3 Å². The number of thiazole rings is 1. The van der Waals surface area contributed by atoms with Crippen molar-refractivity contribution in [3.63, 3.8) is 0 Å². The maximum atomic E-state index is 4.28. The van der Waals surface area contributed by atoms with Crippen LogP contribution in [0, 0.1) is 0 Å². The van der Waals surface area contributed by atoms with Crippen LogP contribution in [0.15, 0.2) is 10.9 Å². The number of hydrogen-bond acceptors (Lipinski definition) is 4. The Morgan fingerprint density at radius 1 is 1.56 bits per heavy atom. The van der Waals surface area contributed by atoms with Crippen LogP contribution in [0.3, 0.4) is 0 Å². The quantitative estimate of drug-likeness (QED) is 0.853. The number of hydrogen-bond donors (Lipinski definition) is 1. The van der Waals surface area contributed by atoms with Crippen molar-refractivity contribution in [3.05, 3.63) is 16.6 Å². The van der Waals surface area contributed by atoms with Gasteiger partial charge >= 0.3 is 0 Å². The molecule has 2 heterocycles. The zero-order valence-electron chi connectivity index (χ0n) is 9.98. The SMILES string of the molecule is CCN1CCCCC1CNCc1cscn1. The molecule has 1 fully saturated rings. The summed E-state index contributed by atoms with van der Waals surface area (Å²) in [6.45, 7) is 6.74. The van der Waals surface area contributed by atoms with Gasteiger partial charge in [0.2, 0.25) is 0 Å². The molecular formula is C12H21N3S. The predicted octanol–water partition coefficient (Wildman–Crippen LogP) is 2.11. The number of piperidine rings is 1. The molecule has 0 spiro atoms. The van der Waals surface area contributed by atoms with Gasteiger partial charge in [0, 0.05) is 24.5 Å². The molecular weight excluding hydrogens is 218 g/mol. The molecule has 2 rings (SSSR count). The summed E-state index contributed by atoms with van der Waals surface area (Å²) < 4.78 is 0. The van der Waals surface area contributed by atoms with E-state index in [1.54, 1.807) is 11.3 Å². The number of nitrogens with zero attached hydrogens (tertiary/aromatic N) is 2. The predicted molar refractivity (Wildman–Crippen MR) is 68.7 cm³/mol. The lowest BCUT2D eigenvalue weighted by molar-refractivity contribution is 0.153. The minimum absolute atomic E-state index is 0.734. The Balaban J connectivity index is 1.71. The highest BCUT2D eigenvalue weighted by atomic mass is 32.1. The van der Waals surface area contributed by atoms with E-state index in [9.17, 15) is 0 Å². The van der Waals surface area contributed by atoms with Crippen LogP contribution in [0.1, 0.15) is 31.9 Å². The van der Waals surface area contributed by atoms with Crippen molar-refractivity contribution >= 4 is 11.3 Å². The second-order valence-corrected chi connectivity index (χ2v) is 5.11. The average Bonchev–Trinajstić information content (AvgIpc) is 2.83. The molecule has 0 radical (unpaired) electrons. The summed E-state index contributed by atoms with van der Waals surface area (Å²) >= 11 is 1.67. The van der Waals surface area contributed by atoms with Crippen molar-refractivity contribution in [2.24, 2.45) is 0 Å². The first-order valence-corrected chi connectivity index (χ1v) is 7.16. The first-order chi connectivity index (χ1) is 7.90. The van der Waals surface area contributed by atoms with Gasteiger partial charge in [0.05, 0.1) is 11.2 Å². The van der Waals surface area contributed by atoms with Crippen LogP contribution in [0.5, 0.6) is 0 Å². The van der Waals surface area contributed by atoms with E-state index in [1.807, 2.05) is 5.51 Å². The maximum Gasteiger partial charge on any atom is 0.0795 e. The van der Waals surface area contributed by atoms with Crippen molar-refractivity contribution in [2.45, 2.75) is 38.8 Å². The lowest BCUT2D eigenvalue weighted by atomic mass is 10.0. The summed E-state index contributed by atoms with van der Waals surface area (Å²) in [6.07, 6.45) is 4.11. The molecule has 1 aliphatic rings. The zero-order valence-corrected chi connectivity index (χ0v) is 10.8. The molecule has 0 aromatic carbocycles. The molecule has 1 N–H and O–H groups in total. The molecule has 16 heavy (non-hydrogen) atoms. The highest BCUT2D eigenvalue weighted by Gasteiger charge is 2.19. The van der Waals surface area contributed by atoms with Crippen LogP contribution in [0.25, 0.3) is 0 Å². The smallest absolute Gasteiger partial charge is 0.0795 e. The fraction of sp³-hybridized carbons (Fsp3) is 0.750. The average molecular weight is 239 g/mol. The Morgan fingerprint density at radius 2 is 2.50 bits per heavy atom. The van der Waals surface area contributed by atoms with E-state index in [2.05, 4.69) is 27.5 Å². The fourth-order valence-corrected chi connectivity index (χ4v) is 2.96. The molecule has 1 unspecified atom stereocenters. The van der Waals surface area contributed by atoms with E-state index in [0.717, 1.165) is 19.1 Å². The molecule has 1 aromatic heterocycles. The van der Waals surface area contributed by atoms with Gasteiger partial charge in [0.15, 0.2) is 0 Å². The molecule has 90 valence electrons. The lowest BCUT2D eigenvalue weighted by Crippen LogP contribution is -2.45. The van der Waals surface area contributed by atoms with E-state index in [4.69, 9.17) is 0 Å². The van der Waals surface area contributed by atoms with Crippen molar-refractivity contribution in [1.82, 2.24) is 15.2 Å². The molecule has 1 aliphatic heterocycles. The van der Waals surface area contributed by atoms with Gasteiger partial charge in [0.1, 0.15) is 0 Å². The molecule has 1 aromatic rings. The minimum atomic E-state index is 0.734. The summed E-state index contributed by atoms with van der Waals surface area (Å²) in [4.78, 5) is 6.88. The number of rotatable bonds is 5. The van der Waals surface area contributed by atoms with Gasteiger partial charge in [0.25, 0.3) is 0 Å². The molecule has 1 saturated heterocycles. The van der Waals surface area contributed by atoms with Gasteiger partial charge in [-0.25, -0.2) is 4.98 Å². The van der Waals surface area contributed by atoms with Crippen molar-refractivity contribution < 1.29 is 0 Å². The third-order valence-electron chi connectivity index (χ3n) is 3.32. The van der Waals surface area contributed by atoms with Gasteiger partial charge in [-0.05, 0) is 25.9 Å². The summed E-state index contributed by atoms with van der Waals surface area (Å²) in [5.41, 5.74) is 3.07. The highest BCUT2D eigenvalue weighted by Crippen LogP contribution is 2.15. The normalized spacial score (nSPS) is 22.4. The second-order valence-electron chi connectivity index (χ2n) is 4.39. The topological polar surface area (TPSA) is 28.2 Å². The molecule has 1 atom stereocenters. The van der Waals surface area contributed by atoms with E-state index in [-0.39, 0.29) is 0 Å². The first kappa shape index (κ1) is 12.0. The number of aromatic nitrogens is 1. The molecule has 3 nitrogen and oxygen atoms in total. The Hall–Kier alpha value is -0.450. The molecule has 0 bridgehead atoms. The Labute approximate surface area is 102 Å². The largest absolute Gasteiger partial charge is 0.310 e. The van der Waals surface area contributed by atoms with Crippen LogP contribution < -0.4 is 5.32 Å². The van der Waals surface area contributed by atoms with E-state index < -0.39 is 0 Å². The third-order valence-corrected chi connectivity index (χ3v) is 3.96. The Bertz CT molecular complexity index is 286. The number of nitrogens with one attached hydrogen (secondary N) is 1. The molecule has 0 amide bonds. The second kappa shape index (κ2) is 6.33. The Morgan fingerprint density at radius 3 is 3.25 bits per heavy atom. The van der Waals surface area contributed by atoms with Crippen LogP contribution in [0.2, 0.25) is 0 Å². The van der Waals surface area contributed by atoms with Crippen LogP contribution in [-0.4, -0.2) is 35.6 Å². The van der Waals surface area contributed by atoms with Gasteiger partial charge < -0.3 is 5.32 Å². The summed E-state index contributed by atoms with van der Waals surface area (Å²) in [5, 5.41) is 5.64. The number of likely N-dealkylation sites (tertiary alicyclic amines) is 1. The van der Waals surface area contributed by atoms with Crippen molar-refractivity contribution in [3.8, 4) is 0 Å². The Kier molecular flexibility index (Phi) is 4.75. The molecule has 0 aliphatic carbocycles. The first-order valence-electron chi connectivity index (χ1n) is 6.22. The van der Waals surface area contributed by atoms with Gasteiger partial charge in [-0.3, -0.25) is 4.90 Å². The van der Waals surface area contributed by atoms with Crippen molar-refractivity contribution in [1.29, 1.82) is 0 Å². The standard InChI is InChI=1S/C12H21N3S/c1-2-15-6-4-3-5-12(15)8-13-7-11-9-16-10-14-11/h9-10,12-13H,2-8H2,1H3. The van der Waals surface area contributed by atoms with E-state index in [1.165, 1.54) is 38.0 Å². The van der Waals surface area contributed by atoms with Crippen LogP contribution in [0.4, 0.5) is 0 Å². The molecule has 4 heteroatoms. The highest BCUT2D eigenvalue weighted by molar-refractivity contribution is 7.07.